The van der Waals surface area contributed by atoms with Crippen LogP contribution in [0.15, 0.2) is 48.9 Å². The molecule has 0 saturated heterocycles. The smallest absolute Gasteiger partial charge is 0.152 e. The number of carbonyl (C=O) groups is 1. The highest BCUT2D eigenvalue weighted by atomic mass is 19.1. The van der Waals surface area contributed by atoms with Crippen molar-refractivity contribution in [1.29, 1.82) is 0 Å². The summed E-state index contributed by atoms with van der Waals surface area (Å²) in [6.45, 7) is 0. The van der Waals surface area contributed by atoms with Crippen molar-refractivity contribution in [2.24, 2.45) is 7.05 Å². The summed E-state index contributed by atoms with van der Waals surface area (Å²) in [7, 11) is 1.80. The molecule has 5 heteroatoms. The number of hydrogen-bond donors (Lipinski definition) is 0. The molecule has 104 valence electrons. The van der Waals surface area contributed by atoms with Gasteiger partial charge in [0, 0.05) is 42.3 Å². The summed E-state index contributed by atoms with van der Waals surface area (Å²) in [5, 5.41) is 4.42. The third-order valence-corrected chi connectivity index (χ3v) is 3.22. The summed E-state index contributed by atoms with van der Waals surface area (Å²) in [6.07, 6.45) is 5.75. The summed E-state index contributed by atoms with van der Waals surface area (Å²) in [5.74, 6) is -0.297. The second kappa shape index (κ2) is 5.28. The molecule has 0 fully saturated rings. The van der Waals surface area contributed by atoms with Gasteiger partial charge in [-0.1, -0.05) is 0 Å². The fourth-order valence-electron chi connectivity index (χ4n) is 2.25. The zero-order valence-electron chi connectivity index (χ0n) is 11.3. The first-order chi connectivity index (χ1) is 10.2. The standard InChI is InChI=1S/C16H12FN3O/c1-20-9-15(14-6-7-18-8-12(14)10-21)16(19-20)11-2-4-13(17)5-3-11/h2-10H,1H3. The van der Waals surface area contributed by atoms with E-state index in [1.165, 1.54) is 18.3 Å². The van der Waals surface area contributed by atoms with E-state index in [-0.39, 0.29) is 5.82 Å². The lowest BCUT2D eigenvalue weighted by Crippen LogP contribution is -1.90. The second-order valence-electron chi connectivity index (χ2n) is 4.65. The number of benzene rings is 1. The highest BCUT2D eigenvalue weighted by Crippen LogP contribution is 2.32. The van der Waals surface area contributed by atoms with Crippen molar-refractivity contribution in [2.45, 2.75) is 0 Å². The molecule has 0 spiro atoms. The van der Waals surface area contributed by atoms with Crippen molar-refractivity contribution in [3.05, 3.63) is 60.3 Å². The minimum atomic E-state index is -0.297. The molecule has 21 heavy (non-hydrogen) atoms. The Morgan fingerprint density at radius 1 is 1.14 bits per heavy atom. The van der Waals surface area contributed by atoms with Crippen molar-refractivity contribution >= 4 is 6.29 Å². The van der Waals surface area contributed by atoms with Crippen molar-refractivity contribution in [2.75, 3.05) is 0 Å². The third-order valence-electron chi connectivity index (χ3n) is 3.22. The number of carbonyl (C=O) groups excluding carboxylic acids is 1. The minimum Gasteiger partial charge on any atom is -0.298 e. The highest BCUT2D eigenvalue weighted by Gasteiger charge is 2.15. The zero-order chi connectivity index (χ0) is 14.8. The van der Waals surface area contributed by atoms with E-state index in [2.05, 4.69) is 10.1 Å². The molecule has 0 saturated carbocycles. The molecule has 4 nitrogen and oxygen atoms in total. The van der Waals surface area contributed by atoms with Gasteiger partial charge in [0.1, 0.15) is 11.5 Å². The summed E-state index contributed by atoms with van der Waals surface area (Å²) in [6, 6.07) is 7.89. The fraction of sp³-hybridized carbons (Fsp3) is 0.0625. The van der Waals surface area contributed by atoms with E-state index in [0.29, 0.717) is 11.3 Å². The van der Waals surface area contributed by atoms with Crippen LogP contribution >= 0.6 is 0 Å². The molecule has 0 atom stereocenters. The molecular weight excluding hydrogens is 269 g/mol. The molecule has 2 heterocycles. The number of hydrogen-bond acceptors (Lipinski definition) is 3. The Kier molecular flexibility index (Phi) is 3.31. The van der Waals surface area contributed by atoms with Gasteiger partial charge in [-0.2, -0.15) is 5.10 Å². The summed E-state index contributed by atoms with van der Waals surface area (Å²) in [4.78, 5) is 15.1. The Labute approximate surface area is 120 Å². The van der Waals surface area contributed by atoms with E-state index in [4.69, 9.17) is 0 Å². The number of pyridine rings is 1. The number of aromatic nitrogens is 3. The molecule has 0 unspecified atom stereocenters. The average Bonchev–Trinajstić information content (AvgIpc) is 2.89. The summed E-state index contributed by atoms with van der Waals surface area (Å²) >= 11 is 0. The first-order valence-corrected chi connectivity index (χ1v) is 6.38. The van der Waals surface area contributed by atoms with E-state index in [1.807, 2.05) is 6.20 Å². The van der Waals surface area contributed by atoms with Crippen LogP contribution in [0.25, 0.3) is 22.4 Å². The van der Waals surface area contributed by atoms with Gasteiger partial charge in [-0.15, -0.1) is 0 Å². The Hall–Kier alpha value is -2.82. The Morgan fingerprint density at radius 3 is 2.62 bits per heavy atom. The van der Waals surface area contributed by atoms with Crippen molar-refractivity contribution < 1.29 is 9.18 Å². The molecule has 0 aliphatic carbocycles. The SMILES string of the molecule is Cn1cc(-c2ccncc2C=O)c(-c2ccc(F)cc2)n1. The molecule has 2 aromatic heterocycles. The van der Waals surface area contributed by atoms with Crippen molar-refractivity contribution in [1.82, 2.24) is 14.8 Å². The maximum Gasteiger partial charge on any atom is 0.152 e. The van der Waals surface area contributed by atoms with Gasteiger partial charge in [0.25, 0.3) is 0 Å². The minimum absolute atomic E-state index is 0.297. The Bertz CT molecular complexity index is 794. The van der Waals surface area contributed by atoms with Crippen LogP contribution in [0.2, 0.25) is 0 Å². The first-order valence-electron chi connectivity index (χ1n) is 6.38. The molecule has 0 amide bonds. The average molecular weight is 281 g/mol. The number of rotatable bonds is 3. The monoisotopic (exact) mass is 281 g/mol. The largest absolute Gasteiger partial charge is 0.298 e. The molecule has 0 aliphatic rings. The van der Waals surface area contributed by atoms with Gasteiger partial charge in [0.2, 0.25) is 0 Å². The van der Waals surface area contributed by atoms with Crippen LogP contribution in [-0.2, 0) is 7.05 Å². The lowest BCUT2D eigenvalue weighted by molar-refractivity contribution is 0.112. The van der Waals surface area contributed by atoms with Gasteiger partial charge in [-0.3, -0.25) is 14.5 Å². The van der Waals surface area contributed by atoms with Gasteiger partial charge in [-0.25, -0.2) is 4.39 Å². The van der Waals surface area contributed by atoms with Gasteiger partial charge in [0.05, 0.1) is 0 Å². The quantitative estimate of drug-likeness (QED) is 0.693. The molecule has 3 aromatic rings. The van der Waals surface area contributed by atoms with E-state index in [9.17, 15) is 9.18 Å². The van der Waals surface area contributed by atoms with Crippen LogP contribution in [0.4, 0.5) is 4.39 Å². The van der Waals surface area contributed by atoms with E-state index in [1.54, 1.807) is 36.1 Å². The van der Waals surface area contributed by atoms with E-state index < -0.39 is 0 Å². The van der Waals surface area contributed by atoms with Gasteiger partial charge in [0.15, 0.2) is 6.29 Å². The molecule has 0 aliphatic heterocycles. The van der Waals surface area contributed by atoms with Crippen LogP contribution in [-0.4, -0.2) is 21.1 Å². The van der Waals surface area contributed by atoms with Crippen LogP contribution in [0.5, 0.6) is 0 Å². The summed E-state index contributed by atoms with van der Waals surface area (Å²) < 4.78 is 14.7. The Balaban J connectivity index is 2.20. The number of aldehydes is 1. The maximum atomic E-state index is 13.1. The molecule has 0 bridgehead atoms. The second-order valence-corrected chi connectivity index (χ2v) is 4.65. The van der Waals surface area contributed by atoms with Gasteiger partial charge >= 0.3 is 0 Å². The lowest BCUT2D eigenvalue weighted by atomic mass is 9.99. The maximum absolute atomic E-state index is 13.1. The molecule has 0 radical (unpaired) electrons. The number of aryl methyl sites for hydroxylation is 1. The van der Waals surface area contributed by atoms with Crippen LogP contribution < -0.4 is 0 Å². The normalized spacial score (nSPS) is 10.6. The lowest BCUT2D eigenvalue weighted by Gasteiger charge is -2.05. The molecular formula is C16H12FN3O. The van der Waals surface area contributed by atoms with Crippen LogP contribution in [0.3, 0.4) is 0 Å². The van der Waals surface area contributed by atoms with Gasteiger partial charge < -0.3 is 0 Å². The number of halogens is 1. The molecule has 1 aromatic carbocycles. The first kappa shape index (κ1) is 13.2. The summed E-state index contributed by atoms with van der Waals surface area (Å²) in [5.41, 5.74) is 3.56. The molecule has 0 N–H and O–H groups in total. The highest BCUT2D eigenvalue weighted by molar-refractivity contribution is 5.91. The topological polar surface area (TPSA) is 47.8 Å². The number of nitrogens with zero attached hydrogens (tertiary/aromatic N) is 3. The zero-order valence-corrected chi connectivity index (χ0v) is 11.3. The van der Waals surface area contributed by atoms with Crippen LogP contribution in [0, 0.1) is 5.82 Å². The van der Waals surface area contributed by atoms with Crippen LogP contribution in [0.1, 0.15) is 10.4 Å². The van der Waals surface area contributed by atoms with Crippen molar-refractivity contribution in [3.63, 3.8) is 0 Å². The van der Waals surface area contributed by atoms with Crippen molar-refractivity contribution in [3.8, 4) is 22.4 Å². The molecule has 3 rings (SSSR count). The van der Waals surface area contributed by atoms with E-state index >= 15 is 0 Å². The predicted octanol–water partition coefficient (Wildman–Crippen LogP) is 3.10. The van der Waals surface area contributed by atoms with Gasteiger partial charge in [-0.05, 0) is 35.9 Å². The third kappa shape index (κ3) is 2.45. The van der Waals surface area contributed by atoms with E-state index in [0.717, 1.165) is 23.0 Å². The Morgan fingerprint density at radius 2 is 1.90 bits per heavy atom. The fourth-order valence-corrected chi connectivity index (χ4v) is 2.25. The predicted molar refractivity (Wildman–Crippen MR) is 77.2 cm³/mol.